The van der Waals surface area contributed by atoms with Crippen molar-refractivity contribution in [3.63, 3.8) is 0 Å². The standard InChI is InChI=1S/C18H20N2O3/c1-23-17(22)18(10-6-3-7-11-18)12-20-15(14(19)16(20)21)13-8-4-2-5-9-13/h2-10,14-15H,11-12,19H2,1H3. The summed E-state index contributed by atoms with van der Waals surface area (Å²) in [4.78, 5) is 26.3. The molecule has 1 fully saturated rings. The molecule has 0 bridgehead atoms. The number of amides is 1. The number of carbonyl (C=O) groups excluding carboxylic acids is 2. The SMILES string of the molecule is COC(=O)C1(CN2C(=O)C(N)C2c2ccccc2)C=CC=CC1. The number of esters is 1. The normalized spacial score (nSPS) is 29.3. The molecule has 23 heavy (non-hydrogen) atoms. The average Bonchev–Trinajstić information content (AvgIpc) is 2.61. The van der Waals surface area contributed by atoms with E-state index in [-0.39, 0.29) is 24.5 Å². The highest BCUT2D eigenvalue weighted by atomic mass is 16.5. The van der Waals surface area contributed by atoms with Crippen molar-refractivity contribution in [2.75, 3.05) is 13.7 Å². The van der Waals surface area contributed by atoms with E-state index in [2.05, 4.69) is 0 Å². The summed E-state index contributed by atoms with van der Waals surface area (Å²) >= 11 is 0. The molecule has 3 atom stereocenters. The molecule has 1 aliphatic carbocycles. The summed E-state index contributed by atoms with van der Waals surface area (Å²) < 4.78 is 4.97. The zero-order chi connectivity index (χ0) is 16.4. The molecule has 2 aliphatic rings. The highest BCUT2D eigenvalue weighted by molar-refractivity contribution is 5.91. The van der Waals surface area contributed by atoms with Gasteiger partial charge in [-0.2, -0.15) is 0 Å². The zero-order valence-electron chi connectivity index (χ0n) is 13.0. The lowest BCUT2D eigenvalue weighted by Crippen LogP contribution is -2.65. The minimum absolute atomic E-state index is 0.134. The number of carbonyl (C=O) groups is 2. The van der Waals surface area contributed by atoms with Gasteiger partial charge in [-0.15, -0.1) is 0 Å². The van der Waals surface area contributed by atoms with Crippen LogP contribution in [0.25, 0.3) is 0 Å². The van der Waals surface area contributed by atoms with E-state index < -0.39 is 11.5 Å². The molecule has 1 saturated heterocycles. The molecule has 1 aromatic rings. The van der Waals surface area contributed by atoms with Crippen LogP contribution in [0.2, 0.25) is 0 Å². The second kappa shape index (κ2) is 6.01. The Balaban J connectivity index is 1.87. The average molecular weight is 312 g/mol. The fourth-order valence-electron chi connectivity index (χ4n) is 3.29. The molecular formula is C18H20N2O3. The van der Waals surface area contributed by atoms with Crippen LogP contribution in [0.5, 0.6) is 0 Å². The van der Waals surface area contributed by atoms with Gasteiger partial charge in [0.05, 0.1) is 13.2 Å². The van der Waals surface area contributed by atoms with Gasteiger partial charge in [-0.05, 0) is 12.0 Å². The maximum atomic E-state index is 12.3. The van der Waals surface area contributed by atoms with Crippen LogP contribution in [-0.2, 0) is 14.3 Å². The molecule has 1 amide bonds. The van der Waals surface area contributed by atoms with E-state index >= 15 is 0 Å². The van der Waals surface area contributed by atoms with Crippen molar-refractivity contribution in [3.05, 3.63) is 60.2 Å². The topological polar surface area (TPSA) is 72.6 Å². The summed E-state index contributed by atoms with van der Waals surface area (Å²) in [5, 5.41) is 0. The van der Waals surface area contributed by atoms with Crippen LogP contribution in [0.3, 0.4) is 0 Å². The third kappa shape index (κ3) is 2.57. The third-order valence-corrected chi connectivity index (χ3v) is 4.57. The molecule has 3 rings (SSSR count). The highest BCUT2D eigenvalue weighted by Gasteiger charge is 2.50. The van der Waals surface area contributed by atoms with Gasteiger partial charge in [0, 0.05) is 6.54 Å². The lowest BCUT2D eigenvalue weighted by Gasteiger charge is -2.49. The number of methoxy groups -OCH3 is 1. The first-order valence-corrected chi connectivity index (χ1v) is 7.63. The van der Waals surface area contributed by atoms with E-state index in [1.807, 2.05) is 54.6 Å². The first-order chi connectivity index (χ1) is 11.1. The minimum atomic E-state index is -0.841. The molecule has 0 radical (unpaired) electrons. The molecule has 3 unspecified atom stereocenters. The van der Waals surface area contributed by atoms with Gasteiger partial charge in [0.1, 0.15) is 11.5 Å². The lowest BCUT2D eigenvalue weighted by molar-refractivity contribution is -0.159. The Hall–Kier alpha value is -2.40. The Morgan fingerprint density at radius 1 is 1.35 bits per heavy atom. The van der Waals surface area contributed by atoms with Crippen LogP contribution in [0.1, 0.15) is 18.0 Å². The van der Waals surface area contributed by atoms with Crippen LogP contribution in [-0.4, -0.2) is 36.5 Å². The van der Waals surface area contributed by atoms with E-state index in [9.17, 15) is 9.59 Å². The largest absolute Gasteiger partial charge is 0.468 e. The Labute approximate surface area is 135 Å². The van der Waals surface area contributed by atoms with Crippen LogP contribution in [0.15, 0.2) is 54.6 Å². The van der Waals surface area contributed by atoms with Crippen molar-refractivity contribution in [1.29, 1.82) is 0 Å². The smallest absolute Gasteiger partial charge is 0.317 e. The number of allylic oxidation sites excluding steroid dienone is 3. The third-order valence-electron chi connectivity index (χ3n) is 4.57. The molecule has 2 N–H and O–H groups in total. The van der Waals surface area contributed by atoms with Gasteiger partial charge in [0.25, 0.3) is 0 Å². The van der Waals surface area contributed by atoms with Crippen LogP contribution in [0.4, 0.5) is 0 Å². The van der Waals surface area contributed by atoms with Gasteiger partial charge in [0.15, 0.2) is 0 Å². The molecule has 1 aromatic carbocycles. The Morgan fingerprint density at radius 2 is 2.09 bits per heavy atom. The lowest BCUT2D eigenvalue weighted by atomic mass is 9.78. The predicted octanol–water partition coefficient (Wildman–Crippen LogP) is 1.57. The number of benzene rings is 1. The molecule has 1 aliphatic heterocycles. The fraction of sp³-hybridized carbons (Fsp3) is 0.333. The van der Waals surface area contributed by atoms with Crippen molar-refractivity contribution in [2.45, 2.75) is 18.5 Å². The molecule has 120 valence electrons. The van der Waals surface area contributed by atoms with Crippen molar-refractivity contribution < 1.29 is 14.3 Å². The minimum Gasteiger partial charge on any atom is -0.468 e. The number of likely N-dealkylation sites (tertiary alicyclic amines) is 1. The quantitative estimate of drug-likeness (QED) is 0.676. The van der Waals surface area contributed by atoms with Gasteiger partial charge >= 0.3 is 5.97 Å². The zero-order valence-corrected chi connectivity index (χ0v) is 13.0. The second-order valence-corrected chi connectivity index (χ2v) is 5.99. The van der Waals surface area contributed by atoms with E-state index in [1.165, 1.54) is 7.11 Å². The Kier molecular flexibility index (Phi) is 4.05. The van der Waals surface area contributed by atoms with Gasteiger partial charge in [-0.1, -0.05) is 54.6 Å². The summed E-state index contributed by atoms with van der Waals surface area (Å²) in [5.74, 6) is -0.469. The Morgan fingerprint density at radius 3 is 2.70 bits per heavy atom. The van der Waals surface area contributed by atoms with Crippen molar-refractivity contribution >= 4 is 11.9 Å². The molecule has 1 heterocycles. The summed E-state index contributed by atoms with van der Waals surface area (Å²) in [7, 11) is 1.37. The summed E-state index contributed by atoms with van der Waals surface area (Å²) in [6, 6.07) is 8.89. The number of β-lactam (4-membered cyclic amide) rings is 1. The monoisotopic (exact) mass is 312 g/mol. The summed E-state index contributed by atoms with van der Waals surface area (Å²) in [5.41, 5.74) is 6.15. The van der Waals surface area contributed by atoms with Crippen molar-refractivity contribution in [2.24, 2.45) is 11.1 Å². The van der Waals surface area contributed by atoms with E-state index in [0.717, 1.165) is 5.56 Å². The van der Waals surface area contributed by atoms with Crippen molar-refractivity contribution in [3.8, 4) is 0 Å². The fourth-order valence-corrected chi connectivity index (χ4v) is 3.29. The van der Waals surface area contributed by atoms with Crippen molar-refractivity contribution in [1.82, 2.24) is 4.90 Å². The highest BCUT2D eigenvalue weighted by Crippen LogP contribution is 2.39. The molecule has 5 nitrogen and oxygen atoms in total. The van der Waals surface area contributed by atoms with Crippen LogP contribution in [0, 0.1) is 5.41 Å². The summed E-state index contributed by atoms with van der Waals surface area (Å²) in [6.45, 7) is 0.270. The van der Waals surface area contributed by atoms with Gasteiger partial charge in [0.2, 0.25) is 5.91 Å². The molecule has 0 aromatic heterocycles. The van der Waals surface area contributed by atoms with Crippen LogP contribution >= 0.6 is 0 Å². The van der Waals surface area contributed by atoms with E-state index in [1.54, 1.807) is 4.90 Å². The van der Waals surface area contributed by atoms with Gasteiger partial charge < -0.3 is 15.4 Å². The predicted molar refractivity (Wildman–Crippen MR) is 86.2 cm³/mol. The number of nitrogens with two attached hydrogens (primary N) is 1. The molecular weight excluding hydrogens is 292 g/mol. The molecule has 5 heteroatoms. The molecule has 0 saturated carbocycles. The molecule has 0 spiro atoms. The van der Waals surface area contributed by atoms with Crippen LogP contribution < -0.4 is 5.73 Å². The number of hydrogen-bond acceptors (Lipinski definition) is 4. The van der Waals surface area contributed by atoms with E-state index in [0.29, 0.717) is 6.42 Å². The summed E-state index contributed by atoms with van der Waals surface area (Å²) in [6.07, 6.45) is 7.95. The number of ether oxygens (including phenoxy) is 1. The van der Waals surface area contributed by atoms with Gasteiger partial charge in [-0.25, -0.2) is 0 Å². The van der Waals surface area contributed by atoms with Gasteiger partial charge in [-0.3, -0.25) is 9.59 Å². The number of hydrogen-bond donors (Lipinski definition) is 1. The number of nitrogens with zero attached hydrogens (tertiary/aromatic N) is 1. The maximum absolute atomic E-state index is 12.3. The first kappa shape index (κ1) is 15.5. The Bertz CT molecular complexity index is 668. The van der Waals surface area contributed by atoms with E-state index in [4.69, 9.17) is 10.5 Å². The first-order valence-electron chi connectivity index (χ1n) is 7.63. The number of rotatable bonds is 4. The second-order valence-electron chi connectivity index (χ2n) is 5.99. The maximum Gasteiger partial charge on any atom is 0.317 e.